The van der Waals surface area contributed by atoms with Gasteiger partial charge in [-0.2, -0.15) is 10.2 Å². The van der Waals surface area contributed by atoms with Crippen LogP contribution in [0.1, 0.15) is 23.1 Å². The molecule has 0 atom stereocenters. The van der Waals surface area contributed by atoms with E-state index in [1.165, 1.54) is 16.7 Å². The number of benzene rings is 3. The van der Waals surface area contributed by atoms with Gasteiger partial charge in [-0.05, 0) is 29.2 Å². The molecule has 6 heteroatoms. The van der Waals surface area contributed by atoms with E-state index in [0.717, 1.165) is 54.4 Å². The highest BCUT2D eigenvalue weighted by atomic mass is 16.5. The van der Waals surface area contributed by atoms with Crippen molar-refractivity contribution >= 4 is 0 Å². The number of likely N-dealkylation sites (tertiary alicyclic amines) is 1. The van der Waals surface area contributed by atoms with E-state index in [1.54, 1.807) is 14.2 Å². The molecule has 0 amide bonds. The average Bonchev–Trinajstić information content (AvgIpc) is 3.49. The second-order valence-corrected chi connectivity index (χ2v) is 8.69. The second-order valence-electron chi connectivity index (χ2n) is 8.69. The minimum absolute atomic E-state index is 0.143. The molecular formula is C27H29N3O3. The summed E-state index contributed by atoms with van der Waals surface area (Å²) in [5.74, 6) is 2.26. The molecule has 3 aromatic rings. The van der Waals surface area contributed by atoms with Gasteiger partial charge in [-0.15, -0.1) is 0 Å². The summed E-state index contributed by atoms with van der Waals surface area (Å²) in [5.41, 5.74) is 5.68. The highest BCUT2D eigenvalue weighted by molar-refractivity contribution is 5.68. The maximum absolute atomic E-state index is 6.21. The first-order valence-electron chi connectivity index (χ1n) is 11.3. The van der Waals surface area contributed by atoms with Crippen LogP contribution >= 0.6 is 0 Å². The molecule has 1 saturated heterocycles. The van der Waals surface area contributed by atoms with Gasteiger partial charge in [-0.25, -0.2) is 0 Å². The lowest BCUT2D eigenvalue weighted by atomic mass is 9.97. The average molecular weight is 444 g/mol. The van der Waals surface area contributed by atoms with E-state index in [9.17, 15) is 0 Å². The molecule has 0 unspecified atom stereocenters. The summed E-state index contributed by atoms with van der Waals surface area (Å²) in [4.78, 5) is 2.35. The van der Waals surface area contributed by atoms with E-state index in [1.807, 2.05) is 18.2 Å². The molecule has 1 fully saturated rings. The molecule has 0 N–H and O–H groups in total. The summed E-state index contributed by atoms with van der Waals surface area (Å²) in [6, 6.07) is 20.7. The number of nitrogens with zero attached hydrogens (tertiary/aromatic N) is 3. The third kappa shape index (κ3) is 4.44. The Bertz CT molecular complexity index is 1150. The van der Waals surface area contributed by atoms with Crippen molar-refractivity contribution in [2.45, 2.75) is 32.2 Å². The molecule has 0 aromatic heterocycles. The van der Waals surface area contributed by atoms with Crippen LogP contribution in [0.25, 0.3) is 11.1 Å². The second kappa shape index (κ2) is 8.87. The third-order valence-electron chi connectivity index (χ3n) is 6.58. The van der Waals surface area contributed by atoms with Crippen LogP contribution in [0.5, 0.6) is 17.2 Å². The largest absolute Gasteiger partial charge is 0.496 e. The summed E-state index contributed by atoms with van der Waals surface area (Å²) in [7, 11) is 3.37. The van der Waals surface area contributed by atoms with Crippen LogP contribution < -0.4 is 14.2 Å². The maximum Gasteiger partial charge on any atom is 0.204 e. The topological polar surface area (TPSA) is 55.6 Å². The van der Waals surface area contributed by atoms with E-state index in [0.29, 0.717) is 6.61 Å². The summed E-state index contributed by atoms with van der Waals surface area (Å²) in [6.45, 7) is 5.17. The fourth-order valence-electron chi connectivity index (χ4n) is 4.58. The van der Waals surface area contributed by atoms with Crippen molar-refractivity contribution < 1.29 is 14.2 Å². The van der Waals surface area contributed by atoms with Crippen molar-refractivity contribution in [2.24, 2.45) is 10.2 Å². The third-order valence-corrected chi connectivity index (χ3v) is 6.58. The first-order valence-corrected chi connectivity index (χ1v) is 11.3. The van der Waals surface area contributed by atoms with E-state index >= 15 is 0 Å². The van der Waals surface area contributed by atoms with Gasteiger partial charge in [0.05, 0.1) is 19.8 Å². The molecule has 1 spiro atoms. The van der Waals surface area contributed by atoms with Gasteiger partial charge in [-0.3, -0.25) is 4.90 Å². The van der Waals surface area contributed by atoms with Crippen LogP contribution in [-0.2, 0) is 13.2 Å². The lowest BCUT2D eigenvalue weighted by Gasteiger charge is -2.20. The molecule has 2 aliphatic heterocycles. The molecule has 6 nitrogen and oxygen atoms in total. The first kappa shape index (κ1) is 21.5. The smallest absolute Gasteiger partial charge is 0.204 e. The number of hydrogen-bond acceptors (Lipinski definition) is 6. The van der Waals surface area contributed by atoms with Gasteiger partial charge in [0, 0.05) is 38.2 Å². The van der Waals surface area contributed by atoms with Crippen LogP contribution in [0.15, 0.2) is 70.9 Å². The zero-order valence-electron chi connectivity index (χ0n) is 19.4. The maximum atomic E-state index is 6.21. The fourth-order valence-corrected chi connectivity index (χ4v) is 4.58. The predicted octanol–water partition coefficient (Wildman–Crippen LogP) is 5.63. The summed E-state index contributed by atoms with van der Waals surface area (Å²) in [5, 5.41) is 8.42. The zero-order valence-corrected chi connectivity index (χ0v) is 19.4. The molecule has 2 heterocycles. The van der Waals surface area contributed by atoms with Crippen LogP contribution in [0.2, 0.25) is 0 Å². The standard InChI is InChI=1S/C27H29N3O3/c1-19-21(10-7-11-23(19)20-8-5-4-6-9-20)17-33-22-14-25(31-2)24(26(15-22)32-3)16-30-13-12-27(18-30)28-29-27/h4-11,14-15H,12-13,16-18H2,1-3H3. The number of hydrogen-bond donors (Lipinski definition) is 0. The lowest BCUT2D eigenvalue weighted by molar-refractivity contribution is 0.288. The van der Waals surface area contributed by atoms with E-state index in [-0.39, 0.29) is 5.66 Å². The van der Waals surface area contributed by atoms with Crippen LogP contribution in [0.4, 0.5) is 0 Å². The molecule has 0 saturated carbocycles. The highest BCUT2D eigenvalue weighted by Gasteiger charge is 2.46. The molecule has 170 valence electrons. The van der Waals surface area contributed by atoms with Gasteiger partial charge in [0.2, 0.25) is 5.66 Å². The van der Waals surface area contributed by atoms with E-state index in [2.05, 4.69) is 64.5 Å². The quantitative estimate of drug-likeness (QED) is 0.453. The highest BCUT2D eigenvalue weighted by Crippen LogP contribution is 2.41. The molecule has 0 aliphatic carbocycles. The van der Waals surface area contributed by atoms with Gasteiger partial charge >= 0.3 is 0 Å². The SMILES string of the molecule is COc1cc(OCc2cccc(-c3ccccc3)c2C)cc(OC)c1CN1CCC2(C1)N=N2. The Hall–Kier alpha value is -3.38. The van der Waals surface area contributed by atoms with Crippen molar-refractivity contribution in [3.8, 4) is 28.4 Å². The number of rotatable bonds is 8. The molecule has 0 radical (unpaired) electrons. The predicted molar refractivity (Wildman–Crippen MR) is 128 cm³/mol. The van der Waals surface area contributed by atoms with Crippen molar-refractivity contribution in [1.29, 1.82) is 0 Å². The monoisotopic (exact) mass is 443 g/mol. The minimum atomic E-state index is -0.143. The van der Waals surface area contributed by atoms with Crippen molar-refractivity contribution in [3.05, 3.63) is 77.4 Å². The molecule has 3 aromatic carbocycles. The first-order chi connectivity index (χ1) is 16.1. The Balaban J connectivity index is 1.34. The number of ether oxygens (including phenoxy) is 3. The van der Waals surface area contributed by atoms with Gasteiger partial charge in [-0.1, -0.05) is 48.5 Å². The van der Waals surface area contributed by atoms with Crippen LogP contribution in [-0.4, -0.2) is 37.9 Å². The zero-order chi connectivity index (χ0) is 22.8. The van der Waals surface area contributed by atoms with Gasteiger partial charge in [0.15, 0.2) is 0 Å². The summed E-state index contributed by atoms with van der Waals surface area (Å²) < 4.78 is 17.7. The summed E-state index contributed by atoms with van der Waals surface area (Å²) in [6.07, 6.45) is 0.986. The van der Waals surface area contributed by atoms with Crippen molar-refractivity contribution in [3.63, 3.8) is 0 Å². The van der Waals surface area contributed by atoms with Gasteiger partial charge in [0.25, 0.3) is 0 Å². The Morgan fingerprint density at radius 3 is 2.30 bits per heavy atom. The van der Waals surface area contributed by atoms with E-state index in [4.69, 9.17) is 14.2 Å². The van der Waals surface area contributed by atoms with Crippen molar-refractivity contribution in [1.82, 2.24) is 4.90 Å². The minimum Gasteiger partial charge on any atom is -0.496 e. The fraction of sp³-hybridized carbons (Fsp3) is 0.333. The Labute approximate surface area is 194 Å². The van der Waals surface area contributed by atoms with Gasteiger partial charge < -0.3 is 14.2 Å². The molecule has 5 rings (SSSR count). The number of methoxy groups -OCH3 is 2. The Morgan fingerprint density at radius 2 is 1.67 bits per heavy atom. The molecule has 33 heavy (non-hydrogen) atoms. The van der Waals surface area contributed by atoms with Crippen LogP contribution in [0.3, 0.4) is 0 Å². The molecule has 0 bridgehead atoms. The van der Waals surface area contributed by atoms with Crippen LogP contribution in [0, 0.1) is 6.92 Å². The lowest BCUT2D eigenvalue weighted by Crippen LogP contribution is -2.23. The Morgan fingerprint density at radius 1 is 0.939 bits per heavy atom. The molecular weight excluding hydrogens is 414 g/mol. The van der Waals surface area contributed by atoms with Crippen molar-refractivity contribution in [2.75, 3.05) is 27.3 Å². The summed E-state index contributed by atoms with van der Waals surface area (Å²) >= 11 is 0. The Kier molecular flexibility index (Phi) is 5.77. The van der Waals surface area contributed by atoms with E-state index < -0.39 is 0 Å². The normalized spacial score (nSPS) is 16.2. The molecule has 2 aliphatic rings. The van der Waals surface area contributed by atoms with Gasteiger partial charge in [0.1, 0.15) is 23.9 Å².